The maximum Gasteiger partial charge on any atom is 0.271 e. The number of fused-ring (bicyclic) bond motifs is 1. The van der Waals surface area contributed by atoms with E-state index < -0.39 is 15.9 Å². The minimum atomic E-state index is -3.75. The highest BCUT2D eigenvalue weighted by atomic mass is 79.9. The largest absolute Gasteiger partial charge is 0.872 e. The fourth-order valence-corrected chi connectivity index (χ4v) is 4.31. The fraction of sp³-hybridized carbons (Fsp3) is 0. The molecule has 31 heavy (non-hydrogen) atoms. The van der Waals surface area contributed by atoms with E-state index in [1.807, 2.05) is 0 Å². The van der Waals surface area contributed by atoms with E-state index in [0.29, 0.717) is 22.5 Å². The molecule has 0 unspecified atom stereocenters. The zero-order valence-corrected chi connectivity index (χ0v) is 18.3. The van der Waals surface area contributed by atoms with Crippen molar-refractivity contribution in [3.8, 4) is 0 Å². The average Bonchev–Trinajstić information content (AvgIpc) is 3.08. The molecule has 0 saturated carbocycles. The summed E-state index contributed by atoms with van der Waals surface area (Å²) in [5.74, 6) is -0.647. The summed E-state index contributed by atoms with van der Waals surface area (Å²) in [5.41, 5.74) is 4.60. The predicted octanol–water partition coefficient (Wildman–Crippen LogP) is 3.10. The van der Waals surface area contributed by atoms with E-state index in [-0.39, 0.29) is 16.2 Å². The first-order valence-corrected chi connectivity index (χ1v) is 11.4. The summed E-state index contributed by atoms with van der Waals surface area (Å²) in [5, 5.41) is 16.0. The van der Waals surface area contributed by atoms with Gasteiger partial charge in [-0.1, -0.05) is 46.0 Å². The van der Waals surface area contributed by atoms with Crippen LogP contribution in [0, 0.1) is 0 Å². The third-order valence-electron chi connectivity index (χ3n) is 4.54. The Kier molecular flexibility index (Phi) is 5.62. The summed E-state index contributed by atoms with van der Waals surface area (Å²) in [6.45, 7) is 0. The Balaban J connectivity index is 1.45. The number of rotatable bonds is 5. The van der Waals surface area contributed by atoms with Gasteiger partial charge >= 0.3 is 0 Å². The number of nitrogens with zero attached hydrogens (tertiary/aromatic N) is 1. The van der Waals surface area contributed by atoms with Gasteiger partial charge in [0.1, 0.15) is 0 Å². The van der Waals surface area contributed by atoms with Gasteiger partial charge in [-0.2, -0.15) is 5.10 Å². The van der Waals surface area contributed by atoms with Crippen LogP contribution in [0.15, 0.2) is 93.3 Å². The van der Waals surface area contributed by atoms with Crippen LogP contribution < -0.4 is 15.3 Å². The zero-order chi connectivity index (χ0) is 22.0. The molecule has 0 saturated heterocycles. The minimum absolute atomic E-state index is 0.121. The van der Waals surface area contributed by atoms with E-state index in [1.54, 1.807) is 36.4 Å². The Morgan fingerprint density at radius 3 is 2.23 bits per heavy atom. The van der Waals surface area contributed by atoms with Crippen molar-refractivity contribution < 1.29 is 18.3 Å². The lowest BCUT2D eigenvalue weighted by molar-refractivity contribution is -0.243. The van der Waals surface area contributed by atoms with Crippen molar-refractivity contribution in [3.63, 3.8) is 0 Å². The summed E-state index contributed by atoms with van der Waals surface area (Å²) < 4.78 is 28.1. The summed E-state index contributed by atoms with van der Waals surface area (Å²) in [7, 11) is -3.75. The molecule has 0 aliphatic heterocycles. The summed E-state index contributed by atoms with van der Waals surface area (Å²) in [6.07, 6.45) is 1.37. The number of hydrazone groups is 1. The standard InChI is InChI=1S/C22H16BrN3O4S/c23-15-7-11-17(12-8-15)31(29,30)26-16-9-5-14(6-10-16)22(28)25-24-20-13-21(27)19-4-2-1-3-18(19)20/h1-13,26-27H,(H,25,28)/p-1/b24-20+. The zero-order valence-electron chi connectivity index (χ0n) is 15.9. The second-order valence-electron chi connectivity index (χ2n) is 6.63. The van der Waals surface area contributed by atoms with Gasteiger partial charge < -0.3 is 5.11 Å². The molecule has 1 aliphatic rings. The van der Waals surface area contributed by atoms with Gasteiger partial charge in [-0.15, -0.1) is 0 Å². The van der Waals surface area contributed by atoms with Crippen molar-refractivity contribution in [3.05, 3.63) is 100 Å². The maximum atomic E-state index is 12.5. The molecule has 0 spiro atoms. The number of nitrogens with one attached hydrogen (secondary N) is 2. The van der Waals surface area contributed by atoms with Crippen molar-refractivity contribution in [2.75, 3.05) is 4.72 Å². The molecule has 0 fully saturated rings. The Morgan fingerprint density at radius 1 is 0.903 bits per heavy atom. The van der Waals surface area contributed by atoms with Gasteiger partial charge in [0.05, 0.1) is 10.6 Å². The molecule has 0 radical (unpaired) electrons. The van der Waals surface area contributed by atoms with Crippen LogP contribution >= 0.6 is 15.9 Å². The highest BCUT2D eigenvalue weighted by Gasteiger charge is 2.16. The first-order chi connectivity index (χ1) is 14.8. The van der Waals surface area contributed by atoms with E-state index in [0.717, 1.165) is 4.47 Å². The Labute approximate surface area is 187 Å². The first-order valence-electron chi connectivity index (χ1n) is 9.08. The van der Waals surface area contributed by atoms with E-state index in [9.17, 15) is 18.3 Å². The molecule has 0 atom stereocenters. The van der Waals surface area contributed by atoms with Gasteiger partial charge in [-0.25, -0.2) is 13.8 Å². The summed E-state index contributed by atoms with van der Waals surface area (Å²) >= 11 is 3.26. The molecule has 0 aromatic heterocycles. The highest BCUT2D eigenvalue weighted by molar-refractivity contribution is 9.10. The smallest absolute Gasteiger partial charge is 0.271 e. The van der Waals surface area contributed by atoms with Crippen LogP contribution in [0.2, 0.25) is 0 Å². The molecule has 9 heteroatoms. The van der Waals surface area contributed by atoms with Gasteiger partial charge in [0.15, 0.2) is 0 Å². The third-order valence-corrected chi connectivity index (χ3v) is 6.46. The monoisotopic (exact) mass is 496 g/mol. The van der Waals surface area contributed by atoms with Gasteiger partial charge in [-0.05, 0) is 60.2 Å². The molecule has 3 aromatic rings. The maximum absolute atomic E-state index is 12.5. The predicted molar refractivity (Wildman–Crippen MR) is 120 cm³/mol. The summed E-state index contributed by atoms with van der Waals surface area (Å²) in [4.78, 5) is 12.5. The second kappa shape index (κ2) is 8.37. The van der Waals surface area contributed by atoms with Gasteiger partial charge in [0, 0.05) is 21.3 Å². The number of hydrogen-bond acceptors (Lipinski definition) is 5. The lowest BCUT2D eigenvalue weighted by Crippen LogP contribution is -2.19. The fourth-order valence-electron chi connectivity index (χ4n) is 2.99. The number of anilines is 1. The third kappa shape index (κ3) is 4.52. The number of carbonyl (C=O) groups excluding carboxylic acids is 1. The molecular formula is C22H15BrN3O4S-. The molecule has 3 aromatic carbocycles. The van der Waals surface area contributed by atoms with Crippen molar-refractivity contribution in [1.82, 2.24) is 5.43 Å². The van der Waals surface area contributed by atoms with Crippen LogP contribution in [-0.4, -0.2) is 20.0 Å². The molecule has 1 amide bonds. The lowest BCUT2D eigenvalue weighted by atomic mass is 10.1. The molecule has 0 bridgehead atoms. The second-order valence-corrected chi connectivity index (χ2v) is 9.23. The van der Waals surface area contributed by atoms with Crippen molar-refractivity contribution >= 4 is 49.0 Å². The van der Waals surface area contributed by atoms with Gasteiger partial charge in [0.25, 0.3) is 15.9 Å². The SMILES string of the molecule is O=C(N/N=C1\C=C([O-])c2ccccc21)c1ccc(NS(=O)(=O)c2ccc(Br)cc2)cc1. The van der Waals surface area contributed by atoms with Gasteiger partial charge in [-0.3, -0.25) is 9.52 Å². The van der Waals surface area contributed by atoms with Crippen LogP contribution in [0.3, 0.4) is 0 Å². The van der Waals surface area contributed by atoms with Crippen molar-refractivity contribution in [2.45, 2.75) is 4.90 Å². The molecular weight excluding hydrogens is 482 g/mol. The first kappa shape index (κ1) is 20.8. The van der Waals surface area contributed by atoms with E-state index in [4.69, 9.17) is 0 Å². The Hall–Kier alpha value is -3.43. The Bertz CT molecular complexity index is 1320. The number of sulfonamides is 1. The average molecular weight is 497 g/mol. The quantitative estimate of drug-likeness (QED) is 0.528. The van der Waals surface area contributed by atoms with Crippen molar-refractivity contribution in [1.29, 1.82) is 0 Å². The van der Waals surface area contributed by atoms with E-state index in [2.05, 4.69) is 31.2 Å². The topological polar surface area (TPSA) is 111 Å². The van der Waals surface area contributed by atoms with Crippen LogP contribution in [-0.2, 0) is 10.0 Å². The number of allylic oxidation sites excluding steroid dienone is 1. The highest BCUT2D eigenvalue weighted by Crippen LogP contribution is 2.23. The number of benzene rings is 3. The molecule has 2 N–H and O–H groups in total. The number of hydrogen-bond donors (Lipinski definition) is 2. The van der Waals surface area contributed by atoms with Crippen molar-refractivity contribution in [2.24, 2.45) is 5.10 Å². The van der Waals surface area contributed by atoms with E-state index in [1.165, 1.54) is 42.5 Å². The minimum Gasteiger partial charge on any atom is -0.872 e. The molecule has 7 nitrogen and oxygen atoms in total. The lowest BCUT2D eigenvalue weighted by Gasteiger charge is -2.09. The summed E-state index contributed by atoms with van der Waals surface area (Å²) in [6, 6.07) is 19.2. The Morgan fingerprint density at radius 2 is 1.55 bits per heavy atom. The van der Waals surface area contributed by atoms with Crippen LogP contribution in [0.25, 0.3) is 5.76 Å². The number of carbonyl (C=O) groups is 1. The van der Waals surface area contributed by atoms with Crippen LogP contribution in [0.4, 0.5) is 5.69 Å². The van der Waals surface area contributed by atoms with Crippen LogP contribution in [0.5, 0.6) is 0 Å². The van der Waals surface area contributed by atoms with Crippen LogP contribution in [0.1, 0.15) is 21.5 Å². The van der Waals surface area contributed by atoms with Gasteiger partial charge in [0.2, 0.25) is 0 Å². The number of halogens is 1. The number of amides is 1. The molecule has 4 rings (SSSR count). The molecule has 0 heterocycles. The molecule has 1 aliphatic carbocycles. The molecule has 156 valence electrons. The normalized spacial score (nSPS) is 14.1. The van der Waals surface area contributed by atoms with E-state index >= 15 is 0 Å².